The zero-order valence-electron chi connectivity index (χ0n) is 11.4. The highest BCUT2D eigenvalue weighted by atomic mass is 32.2. The van der Waals surface area contributed by atoms with Gasteiger partial charge in [0.15, 0.2) is 0 Å². The molecule has 5 nitrogen and oxygen atoms in total. The molecular weight excluding hydrogens is 286 g/mol. The Kier molecular flexibility index (Phi) is 5.04. The minimum absolute atomic E-state index is 0.0882. The summed E-state index contributed by atoms with van der Waals surface area (Å²) < 4.78 is 26.5. The van der Waals surface area contributed by atoms with Crippen LogP contribution in [0.5, 0.6) is 0 Å². The summed E-state index contributed by atoms with van der Waals surface area (Å²) in [5.41, 5.74) is 2.21. The number of nitrogens with one attached hydrogen (secondary N) is 1. The zero-order chi connectivity index (χ0) is 15.1. The van der Waals surface area contributed by atoms with Crippen LogP contribution in [0.4, 0.5) is 0 Å². The van der Waals surface area contributed by atoms with Crippen LogP contribution in [0.25, 0.3) is 0 Å². The fourth-order valence-corrected chi connectivity index (χ4v) is 2.99. The van der Waals surface area contributed by atoms with Crippen molar-refractivity contribution in [2.24, 2.45) is 0 Å². The van der Waals surface area contributed by atoms with Crippen molar-refractivity contribution in [2.75, 3.05) is 6.54 Å². The van der Waals surface area contributed by atoms with Crippen molar-refractivity contribution in [2.45, 2.75) is 12.2 Å². The molecular formula is C15H15N3O2S. The first-order valence-corrected chi connectivity index (χ1v) is 8.09. The van der Waals surface area contributed by atoms with E-state index in [0.29, 0.717) is 24.1 Å². The number of aromatic nitrogens is 1. The van der Waals surface area contributed by atoms with Gasteiger partial charge in [0.05, 0.1) is 17.4 Å². The van der Waals surface area contributed by atoms with E-state index in [4.69, 9.17) is 5.26 Å². The second-order valence-corrected chi connectivity index (χ2v) is 6.37. The van der Waals surface area contributed by atoms with E-state index in [-0.39, 0.29) is 5.75 Å². The van der Waals surface area contributed by atoms with E-state index in [9.17, 15) is 8.42 Å². The standard InChI is InChI=1S/C15H15N3O2S/c16-11-14-1-3-15(4-2-14)12-21(19,20)18-10-7-13-5-8-17-9-6-13/h1-6,8-9,18H,7,10,12H2. The molecule has 0 aliphatic carbocycles. The minimum Gasteiger partial charge on any atom is -0.265 e. The lowest BCUT2D eigenvalue weighted by Crippen LogP contribution is -2.27. The molecule has 1 heterocycles. The van der Waals surface area contributed by atoms with Crippen LogP contribution >= 0.6 is 0 Å². The van der Waals surface area contributed by atoms with Gasteiger partial charge in [-0.1, -0.05) is 12.1 Å². The Labute approximate surface area is 124 Å². The first-order valence-electron chi connectivity index (χ1n) is 6.44. The van der Waals surface area contributed by atoms with E-state index in [2.05, 4.69) is 9.71 Å². The second-order valence-electron chi connectivity index (χ2n) is 4.57. The monoisotopic (exact) mass is 301 g/mol. The number of pyridine rings is 1. The maximum Gasteiger partial charge on any atom is 0.215 e. The number of rotatable bonds is 6. The minimum atomic E-state index is -3.37. The topological polar surface area (TPSA) is 82.8 Å². The molecule has 0 saturated heterocycles. The van der Waals surface area contributed by atoms with E-state index in [1.54, 1.807) is 36.7 Å². The average Bonchev–Trinajstić information content (AvgIpc) is 2.48. The lowest BCUT2D eigenvalue weighted by atomic mass is 10.2. The highest BCUT2D eigenvalue weighted by Gasteiger charge is 2.10. The molecule has 1 aromatic heterocycles. The lowest BCUT2D eigenvalue weighted by molar-refractivity contribution is 0.581. The lowest BCUT2D eigenvalue weighted by Gasteiger charge is -2.07. The van der Waals surface area contributed by atoms with Crippen molar-refractivity contribution < 1.29 is 8.42 Å². The molecule has 0 fully saturated rings. The van der Waals surface area contributed by atoms with Gasteiger partial charge in [0.2, 0.25) is 10.0 Å². The van der Waals surface area contributed by atoms with Crippen molar-refractivity contribution in [3.05, 3.63) is 65.5 Å². The quantitative estimate of drug-likeness (QED) is 0.878. The molecule has 1 aromatic carbocycles. The summed E-state index contributed by atoms with van der Waals surface area (Å²) in [6.45, 7) is 0.350. The van der Waals surface area contributed by atoms with Crippen LogP contribution in [0.2, 0.25) is 0 Å². The van der Waals surface area contributed by atoms with Crippen LogP contribution in [0.3, 0.4) is 0 Å². The van der Waals surface area contributed by atoms with Gasteiger partial charge in [-0.05, 0) is 41.8 Å². The van der Waals surface area contributed by atoms with Gasteiger partial charge in [-0.3, -0.25) is 4.98 Å². The molecule has 0 amide bonds. The van der Waals surface area contributed by atoms with Gasteiger partial charge >= 0.3 is 0 Å². The summed E-state index contributed by atoms with van der Waals surface area (Å²) in [4.78, 5) is 3.91. The number of hydrogen-bond acceptors (Lipinski definition) is 4. The number of sulfonamides is 1. The summed E-state index contributed by atoms with van der Waals surface area (Å²) in [5, 5.41) is 8.70. The van der Waals surface area contributed by atoms with Crippen molar-refractivity contribution >= 4 is 10.0 Å². The molecule has 6 heteroatoms. The Hall–Kier alpha value is -2.23. The van der Waals surface area contributed by atoms with Gasteiger partial charge in [-0.2, -0.15) is 5.26 Å². The van der Waals surface area contributed by atoms with Crippen molar-refractivity contribution in [3.8, 4) is 6.07 Å². The molecule has 0 radical (unpaired) electrons. The Morgan fingerprint density at radius 1 is 1.05 bits per heavy atom. The molecule has 108 valence electrons. The maximum atomic E-state index is 12.0. The van der Waals surface area contributed by atoms with E-state index < -0.39 is 10.0 Å². The summed E-state index contributed by atoms with van der Waals surface area (Å²) in [7, 11) is -3.37. The second kappa shape index (κ2) is 6.97. The highest BCUT2D eigenvalue weighted by Crippen LogP contribution is 2.07. The summed E-state index contributed by atoms with van der Waals surface area (Å²) in [6.07, 6.45) is 3.98. The van der Waals surface area contributed by atoms with E-state index in [0.717, 1.165) is 5.56 Å². The van der Waals surface area contributed by atoms with Crippen LogP contribution in [0.15, 0.2) is 48.8 Å². The fraction of sp³-hybridized carbons (Fsp3) is 0.200. The third-order valence-electron chi connectivity index (χ3n) is 2.92. The van der Waals surface area contributed by atoms with Crippen LogP contribution < -0.4 is 4.72 Å². The molecule has 0 atom stereocenters. The molecule has 2 rings (SSSR count). The highest BCUT2D eigenvalue weighted by molar-refractivity contribution is 7.88. The SMILES string of the molecule is N#Cc1ccc(CS(=O)(=O)NCCc2ccncc2)cc1. The van der Waals surface area contributed by atoms with Crippen molar-refractivity contribution in [3.63, 3.8) is 0 Å². The summed E-state index contributed by atoms with van der Waals surface area (Å²) in [6, 6.07) is 12.2. The Morgan fingerprint density at radius 3 is 2.33 bits per heavy atom. The molecule has 0 saturated carbocycles. The van der Waals surface area contributed by atoms with Crippen LogP contribution in [-0.2, 0) is 22.2 Å². The molecule has 0 aliphatic heterocycles. The number of nitrogens with zero attached hydrogens (tertiary/aromatic N) is 2. The third-order valence-corrected chi connectivity index (χ3v) is 4.28. The van der Waals surface area contributed by atoms with Gasteiger partial charge < -0.3 is 0 Å². The Bertz CT molecular complexity index is 720. The Morgan fingerprint density at radius 2 is 1.71 bits per heavy atom. The maximum absolute atomic E-state index is 12.0. The van der Waals surface area contributed by atoms with Gasteiger partial charge in [-0.25, -0.2) is 13.1 Å². The predicted molar refractivity (Wildman–Crippen MR) is 79.7 cm³/mol. The number of nitriles is 1. The van der Waals surface area contributed by atoms with E-state index >= 15 is 0 Å². The summed E-state index contributed by atoms with van der Waals surface area (Å²) in [5.74, 6) is -0.0882. The molecule has 0 bridgehead atoms. The normalized spacial score (nSPS) is 11.0. The molecule has 1 N–H and O–H groups in total. The largest absolute Gasteiger partial charge is 0.265 e. The van der Waals surface area contributed by atoms with Gasteiger partial charge in [0.25, 0.3) is 0 Å². The van der Waals surface area contributed by atoms with Crippen LogP contribution in [-0.4, -0.2) is 19.9 Å². The zero-order valence-corrected chi connectivity index (χ0v) is 12.2. The molecule has 21 heavy (non-hydrogen) atoms. The van der Waals surface area contributed by atoms with Gasteiger partial charge in [0.1, 0.15) is 0 Å². The average molecular weight is 301 g/mol. The molecule has 0 unspecified atom stereocenters. The molecule has 0 aliphatic rings. The first-order chi connectivity index (χ1) is 10.1. The predicted octanol–water partition coefficient (Wildman–Crippen LogP) is 1.62. The van der Waals surface area contributed by atoms with Crippen molar-refractivity contribution in [1.82, 2.24) is 9.71 Å². The van der Waals surface area contributed by atoms with Crippen molar-refractivity contribution in [1.29, 1.82) is 5.26 Å². The fourth-order valence-electron chi connectivity index (χ4n) is 1.85. The van der Waals surface area contributed by atoms with Crippen LogP contribution in [0, 0.1) is 11.3 Å². The third kappa shape index (κ3) is 4.99. The van der Waals surface area contributed by atoms with Gasteiger partial charge in [-0.15, -0.1) is 0 Å². The first kappa shape index (κ1) is 15.2. The van der Waals surface area contributed by atoms with Crippen LogP contribution in [0.1, 0.15) is 16.7 Å². The molecule has 0 spiro atoms. The smallest absolute Gasteiger partial charge is 0.215 e. The van der Waals surface area contributed by atoms with E-state index in [1.165, 1.54) is 0 Å². The molecule has 2 aromatic rings. The number of hydrogen-bond donors (Lipinski definition) is 1. The van der Waals surface area contributed by atoms with E-state index in [1.807, 2.05) is 18.2 Å². The van der Waals surface area contributed by atoms with Gasteiger partial charge in [0, 0.05) is 18.9 Å². The number of benzene rings is 1. The summed E-state index contributed by atoms with van der Waals surface area (Å²) >= 11 is 0. The Balaban J connectivity index is 1.88.